The van der Waals surface area contributed by atoms with Gasteiger partial charge in [0.2, 0.25) is 0 Å². The number of halogens is 2. The van der Waals surface area contributed by atoms with Crippen molar-refractivity contribution in [3.05, 3.63) is 56.9 Å². The highest BCUT2D eigenvalue weighted by atomic mass is 35.5. The summed E-state index contributed by atoms with van der Waals surface area (Å²) in [6.07, 6.45) is 1.69. The fraction of sp³-hybridized carbons (Fsp3) is 0.333. The van der Waals surface area contributed by atoms with E-state index in [9.17, 15) is 0 Å². The lowest BCUT2D eigenvalue weighted by Crippen LogP contribution is -2.23. The van der Waals surface area contributed by atoms with E-state index in [-0.39, 0.29) is 0 Å². The normalized spacial score (nSPS) is 11.4. The first-order valence-corrected chi connectivity index (χ1v) is 8.72. The zero-order chi connectivity index (χ0) is 18.1. The minimum atomic E-state index is 0.437. The molecular formula is C18H20Cl2N4O. The van der Waals surface area contributed by atoms with Crippen molar-refractivity contribution >= 4 is 34.2 Å². The summed E-state index contributed by atoms with van der Waals surface area (Å²) >= 11 is 12.7. The number of ether oxygens (including phenoxy) is 1. The predicted molar refractivity (Wildman–Crippen MR) is 100 cm³/mol. The van der Waals surface area contributed by atoms with Crippen molar-refractivity contribution in [3.63, 3.8) is 0 Å². The Morgan fingerprint density at radius 3 is 2.52 bits per heavy atom. The van der Waals surface area contributed by atoms with Gasteiger partial charge in [-0.25, -0.2) is 4.98 Å². The third-order valence-electron chi connectivity index (χ3n) is 4.56. The molecule has 0 saturated carbocycles. The molecular weight excluding hydrogens is 359 g/mol. The van der Waals surface area contributed by atoms with Crippen molar-refractivity contribution in [3.8, 4) is 0 Å². The van der Waals surface area contributed by atoms with Gasteiger partial charge in [-0.15, -0.1) is 0 Å². The van der Waals surface area contributed by atoms with Crippen LogP contribution < -0.4 is 5.49 Å². The van der Waals surface area contributed by atoms with E-state index in [0.29, 0.717) is 35.2 Å². The average molecular weight is 379 g/mol. The second-order valence-corrected chi connectivity index (χ2v) is 6.79. The number of fused-ring (bicyclic) bond motifs is 1. The van der Waals surface area contributed by atoms with Gasteiger partial charge in [0.25, 0.3) is 0 Å². The number of aryl methyl sites for hydroxylation is 1. The Bertz CT molecular complexity index is 971. The minimum absolute atomic E-state index is 0.437. The van der Waals surface area contributed by atoms with E-state index >= 15 is 0 Å². The number of hydrogen-bond acceptors (Lipinski definition) is 3. The highest BCUT2D eigenvalue weighted by Crippen LogP contribution is 2.28. The van der Waals surface area contributed by atoms with Gasteiger partial charge in [-0.05, 0) is 31.5 Å². The maximum absolute atomic E-state index is 8.53. The molecule has 0 fully saturated rings. The topological polar surface area (TPSA) is 55.8 Å². The summed E-state index contributed by atoms with van der Waals surface area (Å²) in [7, 11) is 1.65. The molecule has 0 unspecified atom stereocenters. The van der Waals surface area contributed by atoms with E-state index in [2.05, 4.69) is 9.55 Å². The smallest absolute Gasteiger partial charge is 0.146 e. The Labute approximate surface area is 156 Å². The summed E-state index contributed by atoms with van der Waals surface area (Å²) in [5.41, 5.74) is 4.16. The van der Waals surface area contributed by atoms with Gasteiger partial charge in [0.05, 0.1) is 24.9 Å². The average Bonchev–Trinajstić information content (AvgIpc) is 2.82. The molecule has 7 heteroatoms. The van der Waals surface area contributed by atoms with Crippen LogP contribution in [0.4, 0.5) is 0 Å². The number of benzene rings is 1. The molecule has 0 amide bonds. The van der Waals surface area contributed by atoms with E-state index < -0.39 is 0 Å². The van der Waals surface area contributed by atoms with Crippen molar-refractivity contribution in [1.29, 1.82) is 5.41 Å². The standard InChI is InChI=1S/C18H20Cl2N4O/c1-11-12(2)24(9-13-14(19)5-4-6-15(13)20)18-16(11)17(21)23(10-22-18)7-8-25-3/h4-6,10,21H,7-9H2,1-3H3. The Morgan fingerprint density at radius 1 is 1.20 bits per heavy atom. The molecule has 0 radical (unpaired) electrons. The molecule has 3 rings (SSSR count). The molecule has 0 aliphatic heterocycles. The summed E-state index contributed by atoms with van der Waals surface area (Å²) in [4.78, 5) is 4.60. The van der Waals surface area contributed by atoms with Crippen molar-refractivity contribution in [1.82, 2.24) is 14.1 Å². The third-order valence-corrected chi connectivity index (χ3v) is 5.27. The largest absolute Gasteiger partial charge is 0.383 e. The molecule has 2 heterocycles. The van der Waals surface area contributed by atoms with Crippen LogP contribution in [0.15, 0.2) is 24.5 Å². The zero-order valence-electron chi connectivity index (χ0n) is 14.4. The number of rotatable bonds is 5. The first kappa shape index (κ1) is 18.0. The summed E-state index contributed by atoms with van der Waals surface area (Å²) in [5, 5.41) is 10.6. The zero-order valence-corrected chi connectivity index (χ0v) is 15.9. The first-order chi connectivity index (χ1) is 12.0. The maximum atomic E-state index is 8.53. The van der Waals surface area contributed by atoms with Crippen molar-refractivity contribution in [2.45, 2.75) is 26.9 Å². The second-order valence-electron chi connectivity index (χ2n) is 5.97. The molecule has 0 aliphatic carbocycles. The number of methoxy groups -OCH3 is 1. The van der Waals surface area contributed by atoms with Crippen molar-refractivity contribution < 1.29 is 4.74 Å². The van der Waals surface area contributed by atoms with Gasteiger partial charge in [-0.3, -0.25) is 5.41 Å². The van der Waals surface area contributed by atoms with Crippen LogP contribution in [0.2, 0.25) is 10.0 Å². The molecule has 2 aromatic heterocycles. The highest BCUT2D eigenvalue weighted by molar-refractivity contribution is 6.36. The van der Waals surface area contributed by atoms with E-state index in [0.717, 1.165) is 27.9 Å². The van der Waals surface area contributed by atoms with Gasteiger partial charge in [-0.2, -0.15) is 0 Å². The van der Waals surface area contributed by atoms with Gasteiger partial charge in [0, 0.05) is 35.0 Å². The summed E-state index contributed by atoms with van der Waals surface area (Å²) in [6.45, 7) is 5.70. The second kappa shape index (κ2) is 7.20. The van der Waals surface area contributed by atoms with Gasteiger partial charge in [0.15, 0.2) is 0 Å². The Kier molecular flexibility index (Phi) is 5.18. The Morgan fingerprint density at radius 2 is 1.88 bits per heavy atom. The molecule has 5 nitrogen and oxygen atoms in total. The lowest BCUT2D eigenvalue weighted by atomic mass is 10.2. The highest BCUT2D eigenvalue weighted by Gasteiger charge is 2.17. The van der Waals surface area contributed by atoms with E-state index in [1.807, 2.05) is 32.0 Å². The number of nitrogens with one attached hydrogen (secondary N) is 1. The Hall–Kier alpha value is -1.82. The SMILES string of the molecule is COCCn1cnc2c(c(C)c(C)n2Cc2c(Cl)cccc2Cl)c1=N. The number of aromatic nitrogens is 3. The molecule has 1 aromatic carbocycles. The van der Waals surface area contributed by atoms with Crippen LogP contribution in [0.5, 0.6) is 0 Å². The van der Waals surface area contributed by atoms with Gasteiger partial charge >= 0.3 is 0 Å². The molecule has 3 aromatic rings. The van der Waals surface area contributed by atoms with Crippen LogP contribution in [0.3, 0.4) is 0 Å². The monoisotopic (exact) mass is 378 g/mol. The van der Waals surface area contributed by atoms with Crippen LogP contribution in [0.1, 0.15) is 16.8 Å². The predicted octanol–water partition coefficient (Wildman–Crippen LogP) is 3.94. The molecule has 0 atom stereocenters. The summed E-state index contributed by atoms with van der Waals surface area (Å²) < 4.78 is 8.97. The fourth-order valence-electron chi connectivity index (χ4n) is 2.98. The van der Waals surface area contributed by atoms with E-state index in [1.54, 1.807) is 18.0 Å². The molecule has 0 saturated heterocycles. The van der Waals surface area contributed by atoms with Crippen LogP contribution in [0, 0.1) is 19.3 Å². The number of nitrogens with zero attached hydrogens (tertiary/aromatic N) is 3. The minimum Gasteiger partial charge on any atom is -0.383 e. The third kappa shape index (κ3) is 3.19. The van der Waals surface area contributed by atoms with Gasteiger partial charge in [-0.1, -0.05) is 29.3 Å². The first-order valence-electron chi connectivity index (χ1n) is 7.97. The lowest BCUT2D eigenvalue weighted by molar-refractivity contribution is 0.185. The van der Waals surface area contributed by atoms with E-state index in [1.165, 1.54) is 0 Å². The van der Waals surface area contributed by atoms with Gasteiger partial charge < -0.3 is 13.9 Å². The molecule has 25 heavy (non-hydrogen) atoms. The quantitative estimate of drug-likeness (QED) is 0.730. The number of hydrogen-bond donors (Lipinski definition) is 1. The van der Waals surface area contributed by atoms with Gasteiger partial charge in [0.1, 0.15) is 11.1 Å². The van der Waals surface area contributed by atoms with Crippen LogP contribution in [-0.4, -0.2) is 27.8 Å². The van der Waals surface area contributed by atoms with Crippen LogP contribution >= 0.6 is 23.2 Å². The lowest BCUT2D eigenvalue weighted by Gasteiger charge is -2.12. The van der Waals surface area contributed by atoms with Crippen LogP contribution in [-0.2, 0) is 17.8 Å². The fourth-order valence-corrected chi connectivity index (χ4v) is 3.50. The molecule has 0 aliphatic rings. The van der Waals surface area contributed by atoms with Crippen molar-refractivity contribution in [2.75, 3.05) is 13.7 Å². The van der Waals surface area contributed by atoms with E-state index in [4.69, 9.17) is 33.3 Å². The Balaban J connectivity index is 2.15. The summed E-state index contributed by atoms with van der Waals surface area (Å²) in [5.74, 6) is 0. The molecule has 0 bridgehead atoms. The molecule has 0 spiro atoms. The maximum Gasteiger partial charge on any atom is 0.146 e. The molecule has 132 valence electrons. The molecule has 1 N–H and O–H groups in total. The van der Waals surface area contributed by atoms with Crippen molar-refractivity contribution in [2.24, 2.45) is 0 Å². The summed E-state index contributed by atoms with van der Waals surface area (Å²) in [6, 6.07) is 5.50. The van der Waals surface area contributed by atoms with Crippen LogP contribution in [0.25, 0.3) is 11.0 Å².